The van der Waals surface area contributed by atoms with E-state index < -0.39 is 0 Å². The van der Waals surface area contributed by atoms with Crippen molar-refractivity contribution in [1.82, 2.24) is 3.96 Å². The second kappa shape index (κ2) is 2.70. The number of aryl methyl sites for hydroxylation is 3. The van der Waals surface area contributed by atoms with Gasteiger partial charge in [-0.05, 0) is 25.0 Å². The molecule has 3 heteroatoms. The number of hydrogen-bond donors (Lipinski definition) is 0. The number of rotatable bonds is 0. The molecule has 2 rings (SSSR count). The van der Waals surface area contributed by atoms with Crippen LogP contribution in [0.2, 0.25) is 0 Å². The first kappa shape index (κ1) is 8.51. The molecule has 0 N–H and O–H groups in total. The van der Waals surface area contributed by atoms with Gasteiger partial charge in [0.1, 0.15) is 0 Å². The van der Waals surface area contributed by atoms with Gasteiger partial charge >= 0.3 is 0 Å². The Balaban J connectivity index is 3.09. The molecule has 0 atom stereocenters. The Bertz CT molecular complexity index is 521. The lowest BCUT2D eigenvalue weighted by atomic mass is 10.1. The van der Waals surface area contributed by atoms with Crippen molar-refractivity contribution in [2.24, 2.45) is 7.05 Å². The third-order valence-corrected chi connectivity index (χ3v) is 3.44. The van der Waals surface area contributed by atoms with Crippen LogP contribution in [-0.4, -0.2) is 3.96 Å². The second-order valence-electron chi connectivity index (χ2n) is 3.30. The SMILES string of the molecule is Cc1ccc(C)c2c(=O)n(C)sc12. The zero-order valence-electron chi connectivity index (χ0n) is 7.92. The van der Waals surface area contributed by atoms with Gasteiger partial charge in [0.15, 0.2) is 0 Å². The smallest absolute Gasteiger partial charge is 0.268 e. The van der Waals surface area contributed by atoms with E-state index in [-0.39, 0.29) is 5.56 Å². The molecule has 1 aromatic carbocycles. The van der Waals surface area contributed by atoms with E-state index in [1.165, 1.54) is 17.1 Å². The Labute approximate surface area is 80.6 Å². The van der Waals surface area contributed by atoms with Crippen LogP contribution in [0.4, 0.5) is 0 Å². The molecule has 2 aromatic rings. The first-order valence-corrected chi connectivity index (χ1v) is 4.95. The predicted octanol–water partition coefficient (Wildman–Crippen LogP) is 2.22. The van der Waals surface area contributed by atoms with Crippen molar-refractivity contribution in [3.8, 4) is 0 Å². The summed E-state index contributed by atoms with van der Waals surface area (Å²) < 4.78 is 2.80. The third-order valence-electron chi connectivity index (χ3n) is 2.29. The topological polar surface area (TPSA) is 22.0 Å². The minimum absolute atomic E-state index is 0.126. The van der Waals surface area contributed by atoms with Gasteiger partial charge in [-0.3, -0.25) is 8.75 Å². The zero-order chi connectivity index (χ0) is 9.59. The molecule has 0 unspecified atom stereocenters. The first-order valence-electron chi connectivity index (χ1n) is 4.17. The van der Waals surface area contributed by atoms with Gasteiger partial charge in [0, 0.05) is 7.05 Å². The number of hydrogen-bond acceptors (Lipinski definition) is 2. The molecule has 0 aliphatic heterocycles. The maximum atomic E-state index is 11.7. The summed E-state index contributed by atoms with van der Waals surface area (Å²) in [6, 6.07) is 4.07. The van der Waals surface area contributed by atoms with Crippen LogP contribution in [0.5, 0.6) is 0 Å². The van der Waals surface area contributed by atoms with Gasteiger partial charge in [-0.2, -0.15) is 0 Å². The van der Waals surface area contributed by atoms with Crippen LogP contribution in [0.25, 0.3) is 10.1 Å². The molecule has 2 nitrogen and oxygen atoms in total. The van der Waals surface area contributed by atoms with Crippen LogP contribution in [0.3, 0.4) is 0 Å². The van der Waals surface area contributed by atoms with E-state index in [1.54, 1.807) is 3.96 Å². The molecule has 1 aromatic heterocycles. The quantitative estimate of drug-likeness (QED) is 0.628. The summed E-state index contributed by atoms with van der Waals surface area (Å²) in [5, 5.41) is 0.882. The fraction of sp³-hybridized carbons (Fsp3) is 0.300. The summed E-state index contributed by atoms with van der Waals surface area (Å²) in [4.78, 5) is 11.7. The molecular weight excluding hydrogens is 182 g/mol. The highest BCUT2D eigenvalue weighted by molar-refractivity contribution is 7.14. The van der Waals surface area contributed by atoms with Gasteiger partial charge in [0.05, 0.1) is 10.1 Å². The summed E-state index contributed by atoms with van der Waals surface area (Å²) in [7, 11) is 1.81. The van der Waals surface area contributed by atoms with Gasteiger partial charge in [-0.1, -0.05) is 23.7 Å². The van der Waals surface area contributed by atoms with E-state index in [4.69, 9.17) is 0 Å². The van der Waals surface area contributed by atoms with E-state index in [9.17, 15) is 4.79 Å². The average Bonchev–Trinajstić information content (AvgIpc) is 2.38. The Morgan fingerprint density at radius 2 is 1.85 bits per heavy atom. The van der Waals surface area contributed by atoms with Crippen molar-refractivity contribution in [3.05, 3.63) is 33.6 Å². The lowest BCUT2D eigenvalue weighted by molar-refractivity contribution is 0.988. The molecule has 0 amide bonds. The molecule has 0 aliphatic carbocycles. The Kier molecular flexibility index (Phi) is 1.77. The first-order chi connectivity index (χ1) is 6.11. The van der Waals surface area contributed by atoms with Crippen molar-refractivity contribution in [2.75, 3.05) is 0 Å². The molecule has 0 aliphatic rings. The zero-order valence-corrected chi connectivity index (χ0v) is 8.73. The Hall–Kier alpha value is -1.09. The Morgan fingerprint density at radius 3 is 2.46 bits per heavy atom. The van der Waals surface area contributed by atoms with Crippen molar-refractivity contribution < 1.29 is 0 Å². The standard InChI is InChI=1S/C10H11NOS/c1-6-4-5-7(2)9-8(6)10(12)11(3)13-9/h4-5H,1-3H3. The van der Waals surface area contributed by atoms with Gasteiger partial charge in [0.25, 0.3) is 5.56 Å². The third kappa shape index (κ3) is 1.11. The normalized spacial score (nSPS) is 11.0. The molecule has 1 heterocycles. The Morgan fingerprint density at radius 1 is 1.23 bits per heavy atom. The number of aromatic nitrogens is 1. The molecule has 0 radical (unpaired) electrons. The molecule has 0 fully saturated rings. The van der Waals surface area contributed by atoms with E-state index in [2.05, 4.69) is 6.07 Å². The fourth-order valence-electron chi connectivity index (χ4n) is 1.50. The maximum Gasteiger partial charge on any atom is 0.268 e. The summed E-state index contributed by atoms with van der Waals surface area (Å²) >= 11 is 1.52. The number of benzene rings is 1. The summed E-state index contributed by atoms with van der Waals surface area (Å²) in [6.45, 7) is 4.02. The average molecular weight is 193 g/mol. The lowest BCUT2D eigenvalue weighted by Gasteiger charge is -1.95. The van der Waals surface area contributed by atoms with Crippen molar-refractivity contribution in [3.63, 3.8) is 0 Å². The van der Waals surface area contributed by atoms with Gasteiger partial charge < -0.3 is 0 Å². The largest absolute Gasteiger partial charge is 0.268 e. The van der Waals surface area contributed by atoms with Crippen LogP contribution < -0.4 is 5.56 Å². The second-order valence-corrected chi connectivity index (χ2v) is 4.44. The van der Waals surface area contributed by atoms with E-state index in [0.717, 1.165) is 15.6 Å². The van der Waals surface area contributed by atoms with Crippen LogP contribution >= 0.6 is 11.5 Å². The highest BCUT2D eigenvalue weighted by Gasteiger charge is 2.08. The summed E-state index contributed by atoms with van der Waals surface area (Å²) in [6.07, 6.45) is 0. The highest BCUT2D eigenvalue weighted by Crippen LogP contribution is 2.22. The van der Waals surface area contributed by atoms with Gasteiger partial charge in [-0.25, -0.2) is 0 Å². The molecular formula is C10H11NOS. The molecule has 0 saturated heterocycles. The predicted molar refractivity (Wildman–Crippen MR) is 56.5 cm³/mol. The van der Waals surface area contributed by atoms with Crippen LogP contribution in [0.15, 0.2) is 16.9 Å². The number of fused-ring (bicyclic) bond motifs is 1. The molecule has 68 valence electrons. The van der Waals surface area contributed by atoms with Crippen molar-refractivity contribution >= 4 is 21.6 Å². The van der Waals surface area contributed by atoms with E-state index >= 15 is 0 Å². The van der Waals surface area contributed by atoms with E-state index in [0.29, 0.717) is 0 Å². The van der Waals surface area contributed by atoms with Crippen LogP contribution in [-0.2, 0) is 7.05 Å². The van der Waals surface area contributed by atoms with Crippen molar-refractivity contribution in [2.45, 2.75) is 13.8 Å². The van der Waals surface area contributed by atoms with Gasteiger partial charge in [0.2, 0.25) is 0 Å². The minimum Gasteiger partial charge on any atom is -0.268 e. The lowest BCUT2D eigenvalue weighted by Crippen LogP contribution is -2.08. The highest BCUT2D eigenvalue weighted by atomic mass is 32.1. The van der Waals surface area contributed by atoms with Gasteiger partial charge in [-0.15, -0.1) is 0 Å². The summed E-state index contributed by atoms with van der Waals surface area (Å²) in [5.74, 6) is 0. The molecule has 13 heavy (non-hydrogen) atoms. The maximum absolute atomic E-state index is 11.7. The summed E-state index contributed by atoms with van der Waals surface area (Å²) in [5.41, 5.74) is 2.38. The van der Waals surface area contributed by atoms with Crippen LogP contribution in [0.1, 0.15) is 11.1 Å². The van der Waals surface area contributed by atoms with Crippen molar-refractivity contribution in [1.29, 1.82) is 0 Å². The molecule has 0 spiro atoms. The minimum atomic E-state index is 0.126. The fourth-order valence-corrected chi connectivity index (χ4v) is 2.50. The monoisotopic (exact) mass is 193 g/mol. The number of nitrogens with zero attached hydrogens (tertiary/aromatic N) is 1. The molecule has 0 bridgehead atoms. The van der Waals surface area contributed by atoms with E-state index in [1.807, 2.05) is 27.0 Å². The molecule has 0 saturated carbocycles. The van der Waals surface area contributed by atoms with Crippen LogP contribution in [0, 0.1) is 13.8 Å².